The lowest BCUT2D eigenvalue weighted by Crippen LogP contribution is -2.26. The fourth-order valence-electron chi connectivity index (χ4n) is 2.33. The first-order valence-electron chi connectivity index (χ1n) is 9.13. The first-order chi connectivity index (χ1) is 13.5. The average molecular weight is 389 g/mol. The first-order valence-corrected chi connectivity index (χ1v) is 9.13. The van der Waals surface area contributed by atoms with Crippen molar-refractivity contribution in [2.24, 2.45) is 9.98 Å². The van der Waals surface area contributed by atoms with E-state index in [2.05, 4.69) is 23.1 Å². The van der Waals surface area contributed by atoms with Crippen molar-refractivity contribution in [3.63, 3.8) is 0 Å². The molecule has 154 valence electrons. The summed E-state index contributed by atoms with van der Waals surface area (Å²) < 4.78 is 0. The van der Waals surface area contributed by atoms with Gasteiger partial charge in [-0.05, 0) is 38.8 Å². The maximum absolute atomic E-state index is 9.94. The van der Waals surface area contributed by atoms with Crippen LogP contribution in [-0.2, 0) is 0 Å². The van der Waals surface area contributed by atoms with Gasteiger partial charge < -0.3 is 20.4 Å². The summed E-state index contributed by atoms with van der Waals surface area (Å²) in [7, 11) is 0. The van der Waals surface area contributed by atoms with E-state index >= 15 is 0 Å². The van der Waals surface area contributed by atoms with E-state index in [-0.39, 0.29) is 24.7 Å². The monoisotopic (exact) mass is 388 g/mol. The normalized spacial score (nSPS) is 16.6. The quantitative estimate of drug-likeness (QED) is 0.219. The molecule has 0 bridgehead atoms. The van der Waals surface area contributed by atoms with Crippen molar-refractivity contribution in [3.8, 4) is 0 Å². The van der Waals surface area contributed by atoms with E-state index in [9.17, 15) is 20.4 Å². The Kier molecular flexibility index (Phi) is 13.9. The predicted molar refractivity (Wildman–Crippen MR) is 117 cm³/mol. The van der Waals surface area contributed by atoms with Gasteiger partial charge in [-0.1, -0.05) is 37.5 Å². The van der Waals surface area contributed by atoms with Crippen LogP contribution in [-0.4, -0.2) is 58.2 Å². The van der Waals surface area contributed by atoms with E-state index in [1.165, 1.54) is 36.7 Å². The van der Waals surface area contributed by atoms with E-state index < -0.39 is 12.1 Å². The van der Waals surface area contributed by atoms with Gasteiger partial charge in [0.25, 0.3) is 0 Å². The highest BCUT2D eigenvalue weighted by molar-refractivity contribution is 5.85. The molecular weight excluding hydrogens is 356 g/mol. The Labute approximate surface area is 167 Å². The van der Waals surface area contributed by atoms with Gasteiger partial charge in [0.1, 0.15) is 11.5 Å². The van der Waals surface area contributed by atoms with Crippen LogP contribution in [0.25, 0.3) is 0 Å². The van der Waals surface area contributed by atoms with Gasteiger partial charge in [0.2, 0.25) is 0 Å². The average Bonchev–Trinajstić information content (AvgIpc) is 2.70. The van der Waals surface area contributed by atoms with Crippen molar-refractivity contribution in [1.29, 1.82) is 0 Å². The molecule has 0 aromatic heterocycles. The molecule has 0 spiro atoms. The van der Waals surface area contributed by atoms with Crippen LogP contribution in [0.1, 0.15) is 26.7 Å². The maximum Gasteiger partial charge on any atom is 0.120 e. The summed E-state index contributed by atoms with van der Waals surface area (Å²) in [6.45, 7) is 10.4. The lowest BCUT2D eigenvalue weighted by Gasteiger charge is -2.19. The summed E-state index contributed by atoms with van der Waals surface area (Å²) in [4.78, 5) is 8.93. The third kappa shape index (κ3) is 9.30. The number of hydrogen-bond donors (Lipinski definition) is 4. The molecule has 0 radical (unpaired) electrons. The Bertz CT molecular complexity index is 612. The molecule has 2 unspecified atom stereocenters. The van der Waals surface area contributed by atoms with Gasteiger partial charge >= 0.3 is 0 Å². The molecule has 0 aliphatic heterocycles. The second-order valence-electron chi connectivity index (χ2n) is 5.78. The Morgan fingerprint density at radius 1 is 0.786 bits per heavy atom. The minimum atomic E-state index is -0.427. The van der Waals surface area contributed by atoms with Crippen LogP contribution in [0.5, 0.6) is 0 Å². The lowest BCUT2D eigenvalue weighted by molar-refractivity contribution is 0.243. The number of aliphatic hydroxyl groups is 4. The van der Waals surface area contributed by atoms with Gasteiger partial charge in [0, 0.05) is 36.8 Å². The molecule has 0 saturated carbocycles. The standard InChI is InChI=1S/C22H32N2O4/c1-5-9-17(21(27)7-3)15-23-19(11-13-25)20(12-14-26)24-16-18(10-6-2)22(28)8-4/h5-10,15-16,19-20,25-28H,1-2,11-14H2,3-4H3/b17-9-,18-10-,21-7+,22-8+,23-15+,24-16+. The van der Waals surface area contributed by atoms with Crippen molar-refractivity contribution in [2.45, 2.75) is 38.8 Å². The van der Waals surface area contributed by atoms with Crippen molar-refractivity contribution >= 4 is 12.4 Å². The second-order valence-corrected chi connectivity index (χ2v) is 5.78. The number of allylic oxidation sites excluding steroid dienone is 8. The molecule has 0 heterocycles. The van der Waals surface area contributed by atoms with Gasteiger partial charge in [-0.3, -0.25) is 9.98 Å². The fourth-order valence-corrected chi connectivity index (χ4v) is 2.33. The smallest absolute Gasteiger partial charge is 0.120 e. The van der Waals surface area contributed by atoms with E-state index in [0.717, 1.165) is 0 Å². The largest absolute Gasteiger partial charge is 0.508 e. The van der Waals surface area contributed by atoms with E-state index in [1.54, 1.807) is 26.0 Å². The third-order valence-electron chi connectivity index (χ3n) is 3.84. The van der Waals surface area contributed by atoms with Gasteiger partial charge in [0.15, 0.2) is 0 Å². The number of hydrogen-bond acceptors (Lipinski definition) is 6. The number of aliphatic imine (C=N–C) groups is 2. The highest BCUT2D eigenvalue weighted by atomic mass is 16.3. The summed E-state index contributed by atoms with van der Waals surface area (Å²) in [6, 6.07) is -0.854. The van der Waals surface area contributed by atoms with Crippen molar-refractivity contribution in [1.82, 2.24) is 0 Å². The zero-order valence-electron chi connectivity index (χ0n) is 16.7. The lowest BCUT2D eigenvalue weighted by atomic mass is 10.0. The fraction of sp³-hybridized carbons (Fsp3) is 0.364. The van der Waals surface area contributed by atoms with E-state index in [1.807, 2.05) is 0 Å². The molecule has 0 amide bonds. The minimum Gasteiger partial charge on any atom is -0.508 e. The predicted octanol–water partition coefficient (Wildman–Crippen LogP) is 3.78. The molecule has 0 aliphatic rings. The highest BCUT2D eigenvalue weighted by Gasteiger charge is 2.19. The van der Waals surface area contributed by atoms with Crippen LogP contribution < -0.4 is 0 Å². The molecule has 0 aliphatic carbocycles. The molecule has 6 nitrogen and oxygen atoms in total. The third-order valence-corrected chi connectivity index (χ3v) is 3.84. The highest BCUT2D eigenvalue weighted by Crippen LogP contribution is 2.15. The molecule has 0 fully saturated rings. The number of aliphatic hydroxyl groups excluding tert-OH is 4. The Morgan fingerprint density at radius 2 is 1.14 bits per heavy atom. The van der Waals surface area contributed by atoms with Crippen LogP contribution in [0.4, 0.5) is 0 Å². The van der Waals surface area contributed by atoms with Crippen LogP contribution in [0.15, 0.2) is 82.3 Å². The number of rotatable bonds is 13. The summed E-state index contributed by atoms with van der Waals surface area (Å²) in [6.07, 6.45) is 13.1. The van der Waals surface area contributed by atoms with E-state index in [4.69, 9.17) is 0 Å². The SMILES string of the molecule is C=C/C=C(/C=N/C(CCO)C(CCO)/N=C/C(=C/C=C)C(/O)=C\C)C(\O)=C/C. The molecule has 2 atom stereocenters. The Hall–Kier alpha value is -2.70. The number of nitrogens with zero attached hydrogens (tertiary/aromatic N) is 2. The topological polar surface area (TPSA) is 106 Å². The Balaban J connectivity index is 5.81. The van der Waals surface area contributed by atoms with Crippen molar-refractivity contribution in [3.05, 3.63) is 72.3 Å². The molecule has 0 aromatic rings. The van der Waals surface area contributed by atoms with Crippen LogP contribution in [0.3, 0.4) is 0 Å². The van der Waals surface area contributed by atoms with Crippen LogP contribution in [0.2, 0.25) is 0 Å². The summed E-state index contributed by atoms with van der Waals surface area (Å²) in [5.74, 6) is 0.116. The van der Waals surface area contributed by atoms with E-state index in [0.29, 0.717) is 24.0 Å². The summed E-state index contributed by atoms with van der Waals surface area (Å²) in [5.41, 5.74) is 0.956. The zero-order valence-corrected chi connectivity index (χ0v) is 16.7. The molecule has 4 N–H and O–H groups in total. The summed E-state index contributed by atoms with van der Waals surface area (Å²) in [5, 5.41) is 38.7. The van der Waals surface area contributed by atoms with Crippen LogP contribution >= 0.6 is 0 Å². The molecule has 6 heteroatoms. The summed E-state index contributed by atoms with van der Waals surface area (Å²) >= 11 is 0. The maximum atomic E-state index is 9.94. The molecule has 0 rings (SSSR count). The van der Waals surface area contributed by atoms with Gasteiger partial charge in [-0.15, -0.1) is 0 Å². The first kappa shape index (κ1) is 25.3. The zero-order chi connectivity index (χ0) is 21.4. The van der Waals surface area contributed by atoms with Gasteiger partial charge in [0.05, 0.1) is 12.1 Å². The Morgan fingerprint density at radius 3 is 1.39 bits per heavy atom. The van der Waals surface area contributed by atoms with Gasteiger partial charge in [-0.2, -0.15) is 0 Å². The molecule has 28 heavy (non-hydrogen) atoms. The minimum absolute atomic E-state index is 0.0582. The van der Waals surface area contributed by atoms with Crippen LogP contribution in [0, 0.1) is 0 Å². The molecular formula is C22H32N2O4. The van der Waals surface area contributed by atoms with Gasteiger partial charge in [-0.25, -0.2) is 0 Å². The molecule has 0 saturated heterocycles. The van der Waals surface area contributed by atoms with Crippen molar-refractivity contribution in [2.75, 3.05) is 13.2 Å². The molecule has 0 aromatic carbocycles. The van der Waals surface area contributed by atoms with Crippen molar-refractivity contribution < 1.29 is 20.4 Å². The second kappa shape index (κ2) is 15.4.